The number of amides is 1. The van der Waals surface area contributed by atoms with Gasteiger partial charge in [-0.25, -0.2) is 0 Å². The minimum atomic E-state index is -1.73. The molecule has 0 heterocycles. The first-order chi connectivity index (χ1) is 8.50. The van der Waals surface area contributed by atoms with Crippen LogP contribution in [0.1, 0.15) is 6.92 Å². The summed E-state index contributed by atoms with van der Waals surface area (Å²) in [5.41, 5.74) is 0.947. The van der Waals surface area contributed by atoms with Crippen LogP contribution in [-0.2, 0) is 4.79 Å². The summed E-state index contributed by atoms with van der Waals surface area (Å²) in [7, 11) is -3.35. The Hall–Kier alpha value is -1.08. The van der Waals surface area contributed by atoms with Crippen LogP contribution >= 0.6 is 0 Å². The van der Waals surface area contributed by atoms with Gasteiger partial charge in [-0.2, -0.15) is 0 Å². The fourth-order valence-corrected chi connectivity index (χ4v) is 4.77. The lowest BCUT2D eigenvalue weighted by Gasteiger charge is -2.34. The summed E-state index contributed by atoms with van der Waals surface area (Å²) in [6.45, 7) is 14.6. The third-order valence-corrected chi connectivity index (χ3v) is 5.25. The minimum absolute atomic E-state index is 0.101. The lowest BCUT2D eigenvalue weighted by Crippen LogP contribution is -2.49. The Bertz CT molecular complexity index is 461. The number of hydrogen-bond acceptors (Lipinski definition) is 2. The summed E-state index contributed by atoms with van der Waals surface area (Å²) in [5.74, 6) is 0.963. The Labute approximate surface area is 118 Å². The van der Waals surface area contributed by atoms with Crippen molar-refractivity contribution in [2.75, 3.05) is 4.57 Å². The highest BCUT2D eigenvalue weighted by Crippen LogP contribution is 2.27. The minimum Gasteiger partial charge on any atom is -0.544 e. The summed E-state index contributed by atoms with van der Waals surface area (Å²) >= 11 is 0. The summed E-state index contributed by atoms with van der Waals surface area (Å²) in [4.78, 5) is 11.9. The smallest absolute Gasteiger partial charge is 0.242 e. The van der Waals surface area contributed by atoms with E-state index in [1.165, 1.54) is 0 Å². The number of hydrogen-bond donors (Lipinski definition) is 0. The fraction of sp³-hybridized carbons (Fsp3) is 0.500. The maximum atomic E-state index is 11.9. The molecule has 1 rings (SSSR count). The molecule has 0 atom stereocenters. The molecule has 106 valence electrons. The molecule has 0 aliphatic carbocycles. The van der Waals surface area contributed by atoms with Crippen molar-refractivity contribution >= 4 is 28.1 Å². The quantitative estimate of drug-likeness (QED) is 0.783. The fourth-order valence-electron chi connectivity index (χ4n) is 2.08. The Morgan fingerprint density at radius 2 is 1.68 bits per heavy atom. The van der Waals surface area contributed by atoms with E-state index in [1.54, 1.807) is 6.92 Å². The molecular formula is C14H25NO2Si2. The van der Waals surface area contributed by atoms with Crippen molar-refractivity contribution in [3.05, 3.63) is 24.3 Å². The van der Waals surface area contributed by atoms with E-state index in [9.17, 15) is 4.79 Å². The van der Waals surface area contributed by atoms with Gasteiger partial charge in [-0.3, -0.25) is 4.79 Å². The third-order valence-electron chi connectivity index (χ3n) is 2.49. The molecule has 0 saturated heterocycles. The third kappa shape index (κ3) is 4.83. The van der Waals surface area contributed by atoms with E-state index >= 15 is 0 Å². The Morgan fingerprint density at radius 3 is 2.11 bits per heavy atom. The van der Waals surface area contributed by atoms with Crippen molar-refractivity contribution in [3.8, 4) is 5.75 Å². The van der Waals surface area contributed by atoms with Gasteiger partial charge in [0.15, 0.2) is 8.24 Å². The maximum absolute atomic E-state index is 11.9. The van der Waals surface area contributed by atoms with Gasteiger partial charge in [0.05, 0.1) is 0 Å². The van der Waals surface area contributed by atoms with Crippen molar-refractivity contribution in [1.29, 1.82) is 0 Å². The Morgan fingerprint density at radius 1 is 1.11 bits per heavy atom. The van der Waals surface area contributed by atoms with Gasteiger partial charge >= 0.3 is 0 Å². The molecular weight excluding hydrogens is 270 g/mol. The Kier molecular flexibility index (Phi) is 4.63. The van der Waals surface area contributed by atoms with Crippen molar-refractivity contribution in [2.45, 2.75) is 46.2 Å². The van der Waals surface area contributed by atoms with Gasteiger partial charge in [0.25, 0.3) is 0 Å². The van der Waals surface area contributed by atoms with Crippen LogP contribution in [0.25, 0.3) is 0 Å². The zero-order chi connectivity index (χ0) is 14.8. The van der Waals surface area contributed by atoms with E-state index in [1.807, 2.05) is 28.8 Å². The highest BCUT2D eigenvalue weighted by atomic mass is 28.4. The van der Waals surface area contributed by atoms with Crippen LogP contribution in [0.2, 0.25) is 39.3 Å². The van der Waals surface area contributed by atoms with Crippen LogP contribution in [0, 0.1) is 0 Å². The lowest BCUT2D eigenvalue weighted by molar-refractivity contribution is -0.115. The van der Waals surface area contributed by atoms with Crippen molar-refractivity contribution < 1.29 is 9.22 Å². The summed E-state index contributed by atoms with van der Waals surface area (Å²) in [6, 6.07) is 7.89. The molecule has 1 aromatic carbocycles. The van der Waals surface area contributed by atoms with Gasteiger partial charge in [-0.15, -0.1) is 0 Å². The molecule has 1 aromatic rings. The maximum Gasteiger partial charge on any atom is 0.242 e. The predicted molar refractivity (Wildman–Crippen MR) is 86.9 cm³/mol. The molecule has 0 radical (unpaired) electrons. The first kappa shape index (κ1) is 16.0. The topological polar surface area (TPSA) is 29.5 Å². The van der Waals surface area contributed by atoms with Gasteiger partial charge in [-0.1, -0.05) is 25.7 Å². The van der Waals surface area contributed by atoms with E-state index in [0.29, 0.717) is 0 Å². The molecule has 19 heavy (non-hydrogen) atoms. The average Bonchev–Trinajstić information content (AvgIpc) is 2.11. The van der Waals surface area contributed by atoms with Gasteiger partial charge in [0.2, 0.25) is 14.2 Å². The van der Waals surface area contributed by atoms with E-state index in [0.717, 1.165) is 11.4 Å². The van der Waals surface area contributed by atoms with Gasteiger partial charge in [0.1, 0.15) is 5.75 Å². The number of nitrogens with zero attached hydrogens (tertiary/aromatic N) is 1. The second kappa shape index (κ2) is 5.50. The van der Waals surface area contributed by atoms with E-state index < -0.39 is 16.6 Å². The second-order valence-corrected chi connectivity index (χ2v) is 16.0. The molecule has 1 amide bonds. The summed E-state index contributed by atoms with van der Waals surface area (Å²) in [5, 5.41) is 0. The van der Waals surface area contributed by atoms with Crippen LogP contribution in [0.5, 0.6) is 5.75 Å². The highest BCUT2D eigenvalue weighted by Gasteiger charge is 2.28. The molecule has 0 spiro atoms. The van der Waals surface area contributed by atoms with Crippen molar-refractivity contribution in [1.82, 2.24) is 0 Å². The van der Waals surface area contributed by atoms with E-state index in [2.05, 4.69) is 39.3 Å². The monoisotopic (exact) mass is 295 g/mol. The number of anilines is 1. The Balaban J connectivity index is 3.13. The highest BCUT2D eigenvalue weighted by molar-refractivity contribution is 6.83. The van der Waals surface area contributed by atoms with E-state index in [4.69, 9.17) is 4.43 Å². The van der Waals surface area contributed by atoms with Crippen molar-refractivity contribution in [3.63, 3.8) is 0 Å². The molecule has 3 nitrogen and oxygen atoms in total. The molecule has 0 aromatic heterocycles. The van der Waals surface area contributed by atoms with Crippen LogP contribution in [-0.4, -0.2) is 22.5 Å². The molecule has 0 bridgehead atoms. The molecule has 0 aliphatic heterocycles. The molecule has 0 unspecified atom stereocenters. The summed E-state index contributed by atoms with van der Waals surface area (Å²) in [6.07, 6.45) is 0. The molecule has 0 fully saturated rings. The van der Waals surface area contributed by atoms with Gasteiger partial charge in [0, 0.05) is 18.7 Å². The average molecular weight is 296 g/mol. The number of carbonyl (C=O) groups is 1. The first-order valence-electron chi connectivity index (χ1n) is 6.60. The predicted octanol–water partition coefficient (Wildman–Crippen LogP) is 4.09. The standard InChI is InChI=1S/C14H25NO2Si2/c1-12(16)15(18(2,3)4)13-9-8-10-14(11-13)17-19(5,6)7/h8-11H,1-7H3. The zero-order valence-corrected chi connectivity index (χ0v) is 15.1. The lowest BCUT2D eigenvalue weighted by atomic mass is 10.3. The van der Waals surface area contributed by atoms with Gasteiger partial charge in [-0.05, 0) is 31.8 Å². The number of rotatable bonds is 4. The number of benzene rings is 1. The van der Waals surface area contributed by atoms with Gasteiger partial charge < -0.3 is 8.99 Å². The molecule has 0 aliphatic rings. The summed E-state index contributed by atoms with van der Waals surface area (Å²) < 4.78 is 7.94. The molecule has 5 heteroatoms. The van der Waals surface area contributed by atoms with Crippen LogP contribution in [0.3, 0.4) is 0 Å². The normalized spacial score (nSPS) is 12.2. The largest absolute Gasteiger partial charge is 0.544 e. The molecule has 0 N–H and O–H groups in total. The number of carbonyl (C=O) groups excluding carboxylic acids is 1. The van der Waals surface area contributed by atoms with Crippen LogP contribution in [0.15, 0.2) is 24.3 Å². The SMILES string of the molecule is CC(=O)N(c1cccc(O[Si](C)(C)C)c1)[Si](C)(C)C. The molecule has 0 saturated carbocycles. The van der Waals surface area contributed by atoms with Crippen LogP contribution < -0.4 is 8.99 Å². The first-order valence-corrected chi connectivity index (χ1v) is 13.5. The van der Waals surface area contributed by atoms with Crippen LogP contribution in [0.4, 0.5) is 5.69 Å². The zero-order valence-electron chi connectivity index (χ0n) is 13.1. The van der Waals surface area contributed by atoms with E-state index in [-0.39, 0.29) is 5.91 Å². The second-order valence-electron chi connectivity index (χ2n) is 6.74. The van der Waals surface area contributed by atoms with Crippen molar-refractivity contribution in [2.24, 2.45) is 0 Å².